The summed E-state index contributed by atoms with van der Waals surface area (Å²) in [5.74, 6) is 0.713. The maximum Gasteiger partial charge on any atom is 0.139 e. The van der Waals surface area contributed by atoms with E-state index < -0.39 is 0 Å². The monoisotopic (exact) mass is 341 g/mol. The number of hydrogen-bond donors (Lipinski definition) is 1. The third-order valence-corrected chi connectivity index (χ3v) is 5.02. The highest BCUT2D eigenvalue weighted by molar-refractivity contribution is 9.10. The molecule has 2 rings (SSSR count). The molecule has 0 aromatic heterocycles. The Morgan fingerprint density at radius 1 is 1.25 bits per heavy atom. The molecule has 0 bridgehead atoms. The van der Waals surface area contributed by atoms with Crippen molar-refractivity contribution in [3.8, 4) is 0 Å². The van der Waals surface area contributed by atoms with Gasteiger partial charge in [0, 0.05) is 11.7 Å². The van der Waals surface area contributed by atoms with Crippen LogP contribution in [0.4, 0.5) is 10.1 Å². The van der Waals surface area contributed by atoms with E-state index >= 15 is 0 Å². The van der Waals surface area contributed by atoms with Crippen LogP contribution in [0.15, 0.2) is 16.6 Å². The number of anilines is 1. The van der Waals surface area contributed by atoms with Gasteiger partial charge in [0.1, 0.15) is 5.82 Å². The number of benzene rings is 1. The fourth-order valence-electron chi connectivity index (χ4n) is 3.24. The normalized spacial score (nSPS) is 23.4. The van der Waals surface area contributed by atoms with Gasteiger partial charge < -0.3 is 5.32 Å². The molecule has 2 unspecified atom stereocenters. The second-order valence-electron chi connectivity index (χ2n) is 6.09. The lowest BCUT2D eigenvalue weighted by Crippen LogP contribution is -2.19. The van der Waals surface area contributed by atoms with Crippen LogP contribution in [0.3, 0.4) is 0 Å². The van der Waals surface area contributed by atoms with E-state index in [4.69, 9.17) is 0 Å². The number of nitrogens with one attached hydrogen (secondary N) is 1. The second kappa shape index (κ2) is 7.44. The standard InChI is InChI=1S/C17H25BrFN/c1-3-5-13-6-4-7-14(9-8-13)20-17-11-16(19)15(18)10-12(17)2/h10-11,13-14,20H,3-9H2,1-2H3. The molecular weight excluding hydrogens is 317 g/mol. The molecule has 1 nitrogen and oxygen atoms in total. The predicted molar refractivity (Wildman–Crippen MR) is 87.7 cm³/mol. The topological polar surface area (TPSA) is 12.0 Å². The van der Waals surface area contributed by atoms with Crippen LogP contribution in [0, 0.1) is 18.7 Å². The Bertz CT molecular complexity index is 447. The average Bonchev–Trinajstić information content (AvgIpc) is 2.62. The molecule has 1 aromatic carbocycles. The van der Waals surface area contributed by atoms with E-state index in [9.17, 15) is 4.39 Å². The summed E-state index contributed by atoms with van der Waals surface area (Å²) in [6.07, 6.45) is 9.03. The largest absolute Gasteiger partial charge is 0.382 e. The molecule has 1 aromatic rings. The van der Waals surface area contributed by atoms with E-state index in [1.807, 2.05) is 13.0 Å². The van der Waals surface area contributed by atoms with Crippen molar-refractivity contribution in [2.24, 2.45) is 5.92 Å². The van der Waals surface area contributed by atoms with Crippen LogP contribution in [0.1, 0.15) is 57.4 Å². The lowest BCUT2D eigenvalue weighted by atomic mass is 9.95. The van der Waals surface area contributed by atoms with Crippen LogP contribution >= 0.6 is 15.9 Å². The van der Waals surface area contributed by atoms with Crippen LogP contribution in [0.2, 0.25) is 0 Å². The zero-order chi connectivity index (χ0) is 14.5. The molecule has 20 heavy (non-hydrogen) atoms. The van der Waals surface area contributed by atoms with E-state index in [0.29, 0.717) is 10.5 Å². The fraction of sp³-hybridized carbons (Fsp3) is 0.647. The van der Waals surface area contributed by atoms with Gasteiger partial charge in [-0.1, -0.05) is 32.6 Å². The summed E-state index contributed by atoms with van der Waals surface area (Å²) in [6, 6.07) is 3.97. The summed E-state index contributed by atoms with van der Waals surface area (Å²) >= 11 is 3.24. The Labute approximate surface area is 130 Å². The summed E-state index contributed by atoms with van der Waals surface area (Å²) in [7, 11) is 0. The van der Waals surface area contributed by atoms with Crippen molar-refractivity contribution in [3.63, 3.8) is 0 Å². The molecule has 0 heterocycles. The van der Waals surface area contributed by atoms with Crippen molar-refractivity contribution < 1.29 is 4.39 Å². The van der Waals surface area contributed by atoms with Gasteiger partial charge in [-0.05, 0) is 65.7 Å². The van der Waals surface area contributed by atoms with Crippen molar-refractivity contribution in [2.45, 2.75) is 64.8 Å². The SMILES string of the molecule is CCCC1CCCC(Nc2cc(F)c(Br)cc2C)CC1. The molecule has 1 fully saturated rings. The van der Waals surface area contributed by atoms with Gasteiger partial charge in [0.15, 0.2) is 0 Å². The predicted octanol–water partition coefficient (Wildman–Crippen LogP) is 6.06. The summed E-state index contributed by atoms with van der Waals surface area (Å²) in [4.78, 5) is 0. The Kier molecular flexibility index (Phi) is 5.88. The number of hydrogen-bond acceptors (Lipinski definition) is 1. The molecular formula is C17H25BrFN. The third-order valence-electron chi connectivity index (χ3n) is 4.41. The van der Waals surface area contributed by atoms with Gasteiger partial charge >= 0.3 is 0 Å². The summed E-state index contributed by atoms with van der Waals surface area (Å²) in [6.45, 7) is 4.30. The van der Waals surface area contributed by atoms with Crippen LogP contribution in [-0.4, -0.2) is 6.04 Å². The number of halogens is 2. The summed E-state index contributed by atoms with van der Waals surface area (Å²) in [5.41, 5.74) is 2.05. The van der Waals surface area contributed by atoms with Gasteiger partial charge in [0.2, 0.25) is 0 Å². The summed E-state index contributed by atoms with van der Waals surface area (Å²) in [5, 5.41) is 3.56. The van der Waals surface area contributed by atoms with Crippen molar-refractivity contribution in [3.05, 3.63) is 28.0 Å². The molecule has 0 amide bonds. The minimum absolute atomic E-state index is 0.185. The van der Waals surface area contributed by atoms with Crippen molar-refractivity contribution >= 4 is 21.6 Å². The highest BCUT2D eigenvalue weighted by atomic mass is 79.9. The molecule has 0 spiro atoms. The lowest BCUT2D eigenvalue weighted by Gasteiger charge is -2.20. The molecule has 3 heteroatoms. The molecule has 112 valence electrons. The van der Waals surface area contributed by atoms with E-state index in [1.54, 1.807) is 6.07 Å². The van der Waals surface area contributed by atoms with Gasteiger partial charge in [0.05, 0.1) is 4.47 Å². The first-order valence-electron chi connectivity index (χ1n) is 7.82. The lowest BCUT2D eigenvalue weighted by molar-refractivity contribution is 0.422. The quantitative estimate of drug-likeness (QED) is 0.656. The van der Waals surface area contributed by atoms with Crippen LogP contribution < -0.4 is 5.32 Å². The van der Waals surface area contributed by atoms with Crippen LogP contribution in [0.5, 0.6) is 0 Å². The molecule has 1 aliphatic carbocycles. The third kappa shape index (κ3) is 4.21. The van der Waals surface area contributed by atoms with Crippen molar-refractivity contribution in [1.82, 2.24) is 0 Å². The van der Waals surface area contributed by atoms with Gasteiger partial charge in [0.25, 0.3) is 0 Å². The Balaban J connectivity index is 1.98. The van der Waals surface area contributed by atoms with Crippen molar-refractivity contribution in [2.75, 3.05) is 5.32 Å². The molecule has 0 saturated heterocycles. The number of aryl methyl sites for hydroxylation is 1. The molecule has 0 radical (unpaired) electrons. The second-order valence-corrected chi connectivity index (χ2v) is 6.94. The Morgan fingerprint density at radius 2 is 2.05 bits per heavy atom. The van der Waals surface area contributed by atoms with Gasteiger partial charge in [-0.15, -0.1) is 0 Å². The van der Waals surface area contributed by atoms with Gasteiger partial charge in [-0.2, -0.15) is 0 Å². The molecule has 1 saturated carbocycles. The zero-order valence-electron chi connectivity index (χ0n) is 12.5. The minimum atomic E-state index is -0.185. The molecule has 1 N–H and O–H groups in total. The van der Waals surface area contributed by atoms with Gasteiger partial charge in [-0.25, -0.2) is 4.39 Å². The van der Waals surface area contributed by atoms with Crippen LogP contribution in [-0.2, 0) is 0 Å². The highest BCUT2D eigenvalue weighted by Gasteiger charge is 2.19. The summed E-state index contributed by atoms with van der Waals surface area (Å²) < 4.78 is 14.2. The Morgan fingerprint density at radius 3 is 2.80 bits per heavy atom. The first-order chi connectivity index (χ1) is 9.60. The van der Waals surface area contributed by atoms with E-state index in [-0.39, 0.29) is 5.82 Å². The first kappa shape index (κ1) is 15.8. The molecule has 2 atom stereocenters. The van der Waals surface area contributed by atoms with Crippen LogP contribution in [0.25, 0.3) is 0 Å². The zero-order valence-corrected chi connectivity index (χ0v) is 14.1. The van der Waals surface area contributed by atoms with Gasteiger partial charge in [-0.3, -0.25) is 0 Å². The minimum Gasteiger partial charge on any atom is -0.382 e. The van der Waals surface area contributed by atoms with E-state index in [1.165, 1.54) is 44.9 Å². The number of rotatable bonds is 4. The van der Waals surface area contributed by atoms with Crippen molar-refractivity contribution in [1.29, 1.82) is 0 Å². The smallest absolute Gasteiger partial charge is 0.139 e. The first-order valence-corrected chi connectivity index (χ1v) is 8.61. The Hall–Kier alpha value is -0.570. The van der Waals surface area contributed by atoms with E-state index in [2.05, 4.69) is 28.2 Å². The molecule has 1 aliphatic rings. The maximum atomic E-state index is 13.7. The highest BCUT2D eigenvalue weighted by Crippen LogP contribution is 2.30. The van der Waals surface area contributed by atoms with E-state index in [0.717, 1.165) is 17.2 Å². The maximum absolute atomic E-state index is 13.7. The fourth-order valence-corrected chi connectivity index (χ4v) is 3.70. The molecule has 0 aliphatic heterocycles. The average molecular weight is 342 g/mol.